The Labute approximate surface area is 117 Å². The van der Waals surface area contributed by atoms with E-state index < -0.39 is 0 Å². The van der Waals surface area contributed by atoms with Crippen molar-refractivity contribution in [3.63, 3.8) is 0 Å². The number of carbonyl (C=O) groups is 1. The van der Waals surface area contributed by atoms with Crippen LogP contribution in [0, 0.1) is 0 Å². The first kappa shape index (κ1) is 13.0. The maximum Gasteiger partial charge on any atom is 0.261 e. The largest absolute Gasteiger partial charge is 0.481 e. The number of carbonyl (C=O) groups excluding carboxylic acids is 1. The van der Waals surface area contributed by atoms with Gasteiger partial charge in [-0.1, -0.05) is 6.07 Å². The molecule has 0 aliphatic carbocycles. The number of methoxy groups -OCH3 is 1. The van der Waals surface area contributed by atoms with Crippen LogP contribution >= 0.6 is 27.3 Å². The summed E-state index contributed by atoms with van der Waals surface area (Å²) in [6, 6.07) is 7.32. The van der Waals surface area contributed by atoms with Gasteiger partial charge in [-0.25, -0.2) is 4.98 Å². The number of nitrogens with one attached hydrogen (secondary N) is 1. The smallest absolute Gasteiger partial charge is 0.261 e. The van der Waals surface area contributed by atoms with Gasteiger partial charge in [0.15, 0.2) is 0 Å². The number of thiophene rings is 1. The molecule has 0 fully saturated rings. The van der Waals surface area contributed by atoms with E-state index in [1.54, 1.807) is 19.4 Å². The zero-order valence-electron chi connectivity index (χ0n) is 9.64. The van der Waals surface area contributed by atoms with Crippen LogP contribution in [0.2, 0.25) is 0 Å². The summed E-state index contributed by atoms with van der Waals surface area (Å²) in [5.41, 5.74) is 0.851. The van der Waals surface area contributed by atoms with E-state index in [0.29, 0.717) is 17.3 Å². The Hall–Kier alpha value is -1.40. The number of hydrogen-bond donors (Lipinski definition) is 1. The lowest BCUT2D eigenvalue weighted by Gasteiger charge is -2.07. The first-order valence-electron chi connectivity index (χ1n) is 5.22. The fourth-order valence-electron chi connectivity index (χ4n) is 1.44. The monoisotopic (exact) mass is 326 g/mol. The number of aromatic nitrogens is 1. The van der Waals surface area contributed by atoms with Crippen LogP contribution in [0.25, 0.3) is 0 Å². The highest BCUT2D eigenvalue weighted by atomic mass is 79.9. The van der Waals surface area contributed by atoms with Crippen LogP contribution in [0.5, 0.6) is 5.88 Å². The third-order valence-corrected chi connectivity index (χ3v) is 3.90. The van der Waals surface area contributed by atoms with E-state index in [2.05, 4.69) is 26.2 Å². The molecule has 6 heteroatoms. The molecule has 18 heavy (non-hydrogen) atoms. The maximum atomic E-state index is 11.8. The van der Waals surface area contributed by atoms with Crippen LogP contribution in [-0.4, -0.2) is 18.0 Å². The van der Waals surface area contributed by atoms with Gasteiger partial charge >= 0.3 is 0 Å². The molecule has 0 aliphatic heterocycles. The van der Waals surface area contributed by atoms with Crippen molar-refractivity contribution in [2.45, 2.75) is 6.54 Å². The van der Waals surface area contributed by atoms with Crippen molar-refractivity contribution in [2.75, 3.05) is 7.11 Å². The van der Waals surface area contributed by atoms with Gasteiger partial charge in [0.05, 0.1) is 15.8 Å². The summed E-state index contributed by atoms with van der Waals surface area (Å²) in [7, 11) is 1.56. The summed E-state index contributed by atoms with van der Waals surface area (Å²) in [6.07, 6.45) is 1.65. The van der Waals surface area contributed by atoms with Gasteiger partial charge in [-0.05, 0) is 34.1 Å². The van der Waals surface area contributed by atoms with Gasteiger partial charge in [-0.15, -0.1) is 11.3 Å². The van der Waals surface area contributed by atoms with Gasteiger partial charge in [0.25, 0.3) is 5.91 Å². The molecule has 0 saturated heterocycles. The fourth-order valence-corrected chi connectivity index (χ4v) is 2.74. The van der Waals surface area contributed by atoms with Gasteiger partial charge in [0.1, 0.15) is 0 Å². The van der Waals surface area contributed by atoms with E-state index in [4.69, 9.17) is 4.74 Å². The highest BCUT2D eigenvalue weighted by Gasteiger charge is 2.09. The van der Waals surface area contributed by atoms with Crippen molar-refractivity contribution in [2.24, 2.45) is 0 Å². The van der Waals surface area contributed by atoms with Crippen molar-refractivity contribution >= 4 is 33.2 Å². The molecule has 0 radical (unpaired) electrons. The van der Waals surface area contributed by atoms with Crippen molar-refractivity contribution in [3.8, 4) is 5.88 Å². The summed E-state index contributed by atoms with van der Waals surface area (Å²) in [5.74, 6) is 0.432. The molecule has 2 aromatic rings. The Bertz CT molecular complexity index is 557. The van der Waals surface area contributed by atoms with E-state index in [-0.39, 0.29) is 5.91 Å². The number of rotatable bonds is 4. The number of hydrogen-bond acceptors (Lipinski definition) is 4. The van der Waals surface area contributed by atoms with Crippen molar-refractivity contribution in [1.82, 2.24) is 10.3 Å². The average molecular weight is 327 g/mol. The number of pyridine rings is 1. The zero-order chi connectivity index (χ0) is 13.0. The second kappa shape index (κ2) is 5.97. The van der Waals surface area contributed by atoms with Gasteiger partial charge in [0, 0.05) is 18.3 Å². The Morgan fingerprint density at radius 2 is 2.33 bits per heavy atom. The molecule has 0 bridgehead atoms. The summed E-state index contributed by atoms with van der Waals surface area (Å²) in [5, 5.41) is 2.83. The molecule has 0 aliphatic rings. The lowest BCUT2D eigenvalue weighted by molar-refractivity contribution is 0.0954. The van der Waals surface area contributed by atoms with Gasteiger partial charge in [-0.3, -0.25) is 4.79 Å². The minimum absolute atomic E-state index is 0.100. The first-order valence-corrected chi connectivity index (χ1v) is 6.83. The SMILES string of the molecule is COc1ncccc1CNC(=O)c1ccc(Br)s1. The average Bonchev–Trinajstić information content (AvgIpc) is 2.83. The lowest BCUT2D eigenvalue weighted by Crippen LogP contribution is -2.22. The van der Waals surface area contributed by atoms with Gasteiger partial charge in [0.2, 0.25) is 5.88 Å². The van der Waals surface area contributed by atoms with Gasteiger partial charge < -0.3 is 10.1 Å². The molecule has 2 aromatic heterocycles. The number of halogens is 1. The third kappa shape index (κ3) is 3.08. The van der Waals surface area contributed by atoms with E-state index >= 15 is 0 Å². The summed E-state index contributed by atoms with van der Waals surface area (Å²) in [4.78, 5) is 16.6. The Balaban J connectivity index is 2.01. The predicted octanol–water partition coefficient (Wildman–Crippen LogP) is 2.84. The lowest BCUT2D eigenvalue weighted by atomic mass is 10.2. The normalized spacial score (nSPS) is 10.1. The highest BCUT2D eigenvalue weighted by molar-refractivity contribution is 9.11. The second-order valence-corrected chi connectivity index (χ2v) is 5.92. The van der Waals surface area contributed by atoms with Crippen LogP contribution in [0.3, 0.4) is 0 Å². The molecule has 0 unspecified atom stereocenters. The predicted molar refractivity (Wildman–Crippen MR) is 74.0 cm³/mol. The zero-order valence-corrected chi connectivity index (χ0v) is 12.0. The molecule has 94 valence electrons. The Morgan fingerprint density at radius 1 is 1.50 bits per heavy atom. The fraction of sp³-hybridized carbons (Fsp3) is 0.167. The molecule has 0 atom stereocenters. The minimum atomic E-state index is -0.100. The molecule has 0 saturated carbocycles. The molecule has 2 heterocycles. The Morgan fingerprint density at radius 3 is 3.00 bits per heavy atom. The molecule has 0 aromatic carbocycles. The minimum Gasteiger partial charge on any atom is -0.481 e. The second-order valence-electron chi connectivity index (χ2n) is 3.46. The van der Waals surface area contributed by atoms with E-state index in [1.807, 2.05) is 18.2 Å². The molecule has 4 nitrogen and oxygen atoms in total. The third-order valence-electron chi connectivity index (χ3n) is 2.28. The van der Waals surface area contributed by atoms with Crippen molar-refractivity contribution in [1.29, 1.82) is 0 Å². The van der Waals surface area contributed by atoms with Crippen LogP contribution in [0.4, 0.5) is 0 Å². The topological polar surface area (TPSA) is 51.2 Å². The van der Waals surface area contributed by atoms with Crippen molar-refractivity contribution < 1.29 is 9.53 Å². The van der Waals surface area contributed by atoms with E-state index in [1.165, 1.54) is 11.3 Å². The number of ether oxygens (including phenoxy) is 1. The van der Waals surface area contributed by atoms with Crippen LogP contribution in [-0.2, 0) is 6.54 Å². The molecule has 1 N–H and O–H groups in total. The summed E-state index contributed by atoms with van der Waals surface area (Å²) in [6.45, 7) is 0.394. The molecular formula is C12H11BrN2O2S. The molecule has 1 amide bonds. The van der Waals surface area contributed by atoms with Crippen LogP contribution in [0.15, 0.2) is 34.2 Å². The van der Waals surface area contributed by atoms with Crippen LogP contribution in [0.1, 0.15) is 15.2 Å². The van der Waals surface area contributed by atoms with E-state index in [0.717, 1.165) is 9.35 Å². The number of nitrogens with zero attached hydrogens (tertiary/aromatic N) is 1. The van der Waals surface area contributed by atoms with Crippen molar-refractivity contribution in [3.05, 3.63) is 44.7 Å². The molecular weight excluding hydrogens is 316 g/mol. The molecule has 0 spiro atoms. The molecule has 2 rings (SSSR count). The van der Waals surface area contributed by atoms with Gasteiger partial charge in [-0.2, -0.15) is 0 Å². The van der Waals surface area contributed by atoms with E-state index in [9.17, 15) is 4.79 Å². The standard InChI is InChI=1S/C12H11BrN2O2S/c1-17-12-8(3-2-6-14-12)7-15-11(16)9-4-5-10(13)18-9/h2-6H,7H2,1H3,(H,15,16). The summed E-state index contributed by atoms with van der Waals surface area (Å²) < 4.78 is 6.06. The Kier molecular flexibility index (Phi) is 4.33. The summed E-state index contributed by atoms with van der Waals surface area (Å²) >= 11 is 4.73. The maximum absolute atomic E-state index is 11.8. The quantitative estimate of drug-likeness (QED) is 0.939. The van der Waals surface area contributed by atoms with Crippen LogP contribution < -0.4 is 10.1 Å². The number of amides is 1. The highest BCUT2D eigenvalue weighted by Crippen LogP contribution is 2.22. The first-order chi connectivity index (χ1) is 8.70.